The lowest BCUT2D eigenvalue weighted by molar-refractivity contribution is 0.313. The largest absolute Gasteiger partial charge is 0.330 e. The Morgan fingerprint density at radius 1 is 1.14 bits per heavy atom. The maximum absolute atomic E-state index is 5.88. The van der Waals surface area contributed by atoms with E-state index in [0.717, 1.165) is 19.0 Å². The van der Waals surface area contributed by atoms with Gasteiger partial charge in [-0.15, -0.1) is 0 Å². The zero-order valence-corrected chi connectivity index (χ0v) is 14.2. The third-order valence-corrected chi connectivity index (χ3v) is 5.69. The van der Waals surface area contributed by atoms with Gasteiger partial charge in [0.2, 0.25) is 0 Å². The van der Waals surface area contributed by atoms with Crippen LogP contribution in [-0.2, 0) is 0 Å². The second kappa shape index (κ2) is 7.12. The smallest absolute Gasteiger partial charge is 0.0348 e. The number of rotatable bonds is 3. The fraction of sp³-hybridized carbons (Fsp3) is 0.684. The zero-order chi connectivity index (χ0) is 15.5. The van der Waals surface area contributed by atoms with E-state index in [1.54, 1.807) is 5.56 Å². The molecule has 3 rings (SSSR count). The quantitative estimate of drug-likeness (QED) is 0.932. The molecule has 122 valence electrons. The van der Waals surface area contributed by atoms with Gasteiger partial charge in [-0.3, -0.25) is 4.90 Å². The minimum atomic E-state index is 0.557. The van der Waals surface area contributed by atoms with Gasteiger partial charge in [0.1, 0.15) is 0 Å². The van der Waals surface area contributed by atoms with Crippen LogP contribution in [0.4, 0.5) is 0 Å². The molecule has 0 spiro atoms. The molecule has 2 N–H and O–H groups in total. The Hall–Kier alpha value is -0.900. The second-order valence-electron chi connectivity index (χ2n) is 7.39. The molecule has 0 bridgehead atoms. The molecule has 1 aromatic rings. The van der Waals surface area contributed by atoms with E-state index in [1.165, 1.54) is 44.3 Å². The molecule has 22 heavy (non-hydrogen) atoms. The highest BCUT2D eigenvalue weighted by molar-refractivity contribution is 5.29. The Bertz CT molecular complexity index is 487. The summed E-state index contributed by atoms with van der Waals surface area (Å²) in [5.74, 6) is 1.40. The van der Waals surface area contributed by atoms with Crippen molar-refractivity contribution in [1.82, 2.24) is 9.80 Å². The molecule has 0 aromatic heterocycles. The summed E-state index contributed by atoms with van der Waals surface area (Å²) in [4.78, 5) is 4.96. The van der Waals surface area contributed by atoms with Crippen LogP contribution < -0.4 is 5.73 Å². The molecule has 2 heterocycles. The van der Waals surface area contributed by atoms with Crippen molar-refractivity contribution in [2.75, 3.05) is 40.3 Å². The van der Waals surface area contributed by atoms with Crippen molar-refractivity contribution in [3.63, 3.8) is 0 Å². The number of benzene rings is 1. The summed E-state index contributed by atoms with van der Waals surface area (Å²) < 4.78 is 0. The summed E-state index contributed by atoms with van der Waals surface area (Å²) in [6.07, 6.45) is 5.17. The Morgan fingerprint density at radius 2 is 1.95 bits per heavy atom. The highest BCUT2D eigenvalue weighted by atomic mass is 15.2. The third kappa shape index (κ3) is 3.53. The summed E-state index contributed by atoms with van der Waals surface area (Å²) in [6.45, 7) is 4.43. The van der Waals surface area contributed by atoms with Crippen molar-refractivity contribution in [1.29, 1.82) is 0 Å². The Kier molecular flexibility index (Phi) is 5.17. The van der Waals surface area contributed by atoms with Crippen molar-refractivity contribution >= 4 is 0 Å². The average molecular weight is 301 g/mol. The van der Waals surface area contributed by atoms with E-state index < -0.39 is 0 Å². The van der Waals surface area contributed by atoms with Crippen LogP contribution in [0.15, 0.2) is 24.3 Å². The van der Waals surface area contributed by atoms with Crippen LogP contribution in [0, 0.1) is 5.92 Å². The highest BCUT2D eigenvalue weighted by Gasteiger charge is 2.30. The van der Waals surface area contributed by atoms with Gasteiger partial charge in [0.15, 0.2) is 0 Å². The van der Waals surface area contributed by atoms with Gasteiger partial charge in [0, 0.05) is 12.6 Å². The summed E-state index contributed by atoms with van der Waals surface area (Å²) in [5.41, 5.74) is 8.93. The first-order valence-electron chi connectivity index (χ1n) is 8.86. The van der Waals surface area contributed by atoms with Gasteiger partial charge < -0.3 is 10.6 Å². The van der Waals surface area contributed by atoms with Crippen LogP contribution in [-0.4, -0.2) is 50.1 Å². The first-order valence-corrected chi connectivity index (χ1v) is 8.86. The fourth-order valence-corrected chi connectivity index (χ4v) is 4.26. The highest BCUT2D eigenvalue weighted by Crippen LogP contribution is 2.36. The summed E-state index contributed by atoms with van der Waals surface area (Å²) in [7, 11) is 4.49. The van der Waals surface area contributed by atoms with Crippen LogP contribution in [0.3, 0.4) is 0 Å². The maximum atomic E-state index is 5.88. The van der Waals surface area contributed by atoms with Crippen molar-refractivity contribution in [3.05, 3.63) is 35.4 Å². The number of hydrogen-bond acceptors (Lipinski definition) is 3. The lowest BCUT2D eigenvalue weighted by atomic mass is 9.89. The third-order valence-electron chi connectivity index (χ3n) is 5.69. The molecule has 3 nitrogen and oxygen atoms in total. The molecule has 0 radical (unpaired) electrons. The van der Waals surface area contributed by atoms with Crippen molar-refractivity contribution in [2.45, 2.75) is 37.6 Å². The van der Waals surface area contributed by atoms with Crippen molar-refractivity contribution < 1.29 is 0 Å². The molecule has 1 aromatic carbocycles. The van der Waals surface area contributed by atoms with E-state index in [0.29, 0.717) is 12.0 Å². The predicted molar refractivity (Wildman–Crippen MR) is 93.1 cm³/mol. The van der Waals surface area contributed by atoms with Gasteiger partial charge in [-0.05, 0) is 82.4 Å². The molecule has 0 saturated carbocycles. The Labute approximate surface area is 135 Å². The molecule has 2 aliphatic heterocycles. The second-order valence-corrected chi connectivity index (χ2v) is 7.39. The topological polar surface area (TPSA) is 32.5 Å². The lowest BCUT2D eigenvalue weighted by Crippen LogP contribution is -2.20. The molecular formula is C19H31N3. The summed E-state index contributed by atoms with van der Waals surface area (Å²) in [5, 5.41) is 0. The van der Waals surface area contributed by atoms with Gasteiger partial charge >= 0.3 is 0 Å². The van der Waals surface area contributed by atoms with Gasteiger partial charge in [0.25, 0.3) is 0 Å². The molecule has 0 amide bonds. The van der Waals surface area contributed by atoms with Crippen molar-refractivity contribution in [2.24, 2.45) is 11.7 Å². The van der Waals surface area contributed by atoms with Crippen LogP contribution in [0.1, 0.15) is 48.8 Å². The summed E-state index contributed by atoms with van der Waals surface area (Å²) >= 11 is 0. The molecule has 2 saturated heterocycles. The molecular weight excluding hydrogens is 270 g/mol. The number of likely N-dealkylation sites (tertiary alicyclic amines) is 2. The zero-order valence-electron chi connectivity index (χ0n) is 14.2. The van der Waals surface area contributed by atoms with Gasteiger partial charge in [-0.1, -0.05) is 24.3 Å². The van der Waals surface area contributed by atoms with E-state index in [1.807, 2.05) is 0 Å². The molecule has 3 atom stereocenters. The average Bonchev–Trinajstić information content (AvgIpc) is 2.77. The van der Waals surface area contributed by atoms with E-state index in [2.05, 4.69) is 48.2 Å². The fourth-order valence-electron chi connectivity index (χ4n) is 4.26. The van der Waals surface area contributed by atoms with E-state index in [-0.39, 0.29) is 0 Å². The number of nitrogens with two attached hydrogens (primary N) is 1. The Balaban J connectivity index is 1.75. The summed E-state index contributed by atoms with van der Waals surface area (Å²) in [6, 6.07) is 9.96. The van der Waals surface area contributed by atoms with Crippen LogP contribution in [0.2, 0.25) is 0 Å². The normalized spacial score (nSPS) is 31.3. The maximum Gasteiger partial charge on any atom is 0.0348 e. The molecule has 3 unspecified atom stereocenters. The lowest BCUT2D eigenvalue weighted by Gasteiger charge is -2.22. The minimum Gasteiger partial charge on any atom is -0.330 e. The van der Waals surface area contributed by atoms with Gasteiger partial charge in [0.05, 0.1) is 0 Å². The van der Waals surface area contributed by atoms with Gasteiger partial charge in [-0.2, -0.15) is 0 Å². The Morgan fingerprint density at radius 3 is 2.73 bits per heavy atom. The van der Waals surface area contributed by atoms with Crippen molar-refractivity contribution in [3.8, 4) is 0 Å². The standard InChI is InChI=1S/C19H31N3/c1-21-9-4-7-16(8-10-21)17-5-3-6-18(12-17)19-11-15(13-20)14-22(19)2/h3,5-6,12,15-16,19H,4,7-11,13-14,20H2,1-2H3. The van der Waals surface area contributed by atoms with E-state index in [9.17, 15) is 0 Å². The molecule has 2 aliphatic rings. The first-order chi connectivity index (χ1) is 10.7. The predicted octanol–water partition coefficient (Wildman–Crippen LogP) is 2.84. The molecule has 3 heteroatoms. The van der Waals surface area contributed by atoms with E-state index in [4.69, 9.17) is 5.73 Å². The number of hydrogen-bond donors (Lipinski definition) is 1. The van der Waals surface area contributed by atoms with Crippen LogP contribution in [0.5, 0.6) is 0 Å². The van der Waals surface area contributed by atoms with Crippen LogP contribution >= 0.6 is 0 Å². The molecule has 0 aliphatic carbocycles. The van der Waals surface area contributed by atoms with E-state index >= 15 is 0 Å². The van der Waals surface area contributed by atoms with Gasteiger partial charge in [-0.25, -0.2) is 0 Å². The number of nitrogens with zero attached hydrogens (tertiary/aromatic N) is 2. The van der Waals surface area contributed by atoms with Crippen LogP contribution in [0.25, 0.3) is 0 Å². The molecule has 2 fully saturated rings. The first kappa shape index (κ1) is 16.0. The monoisotopic (exact) mass is 301 g/mol. The minimum absolute atomic E-state index is 0.557. The SMILES string of the molecule is CN1CCCC(c2cccc(C3CC(CN)CN3C)c2)CC1.